The summed E-state index contributed by atoms with van der Waals surface area (Å²) in [6.45, 7) is 2.24. The van der Waals surface area contributed by atoms with Crippen LogP contribution >= 0.6 is 0 Å². The van der Waals surface area contributed by atoms with E-state index in [1.165, 1.54) is 36.0 Å². The van der Waals surface area contributed by atoms with Crippen molar-refractivity contribution in [2.24, 2.45) is 4.99 Å². The van der Waals surface area contributed by atoms with Crippen LogP contribution in [-0.2, 0) is 19.3 Å². The Kier molecular flexibility index (Phi) is 6.52. The first-order valence-electron chi connectivity index (χ1n) is 9.40. The lowest BCUT2D eigenvalue weighted by atomic mass is 9.94. The van der Waals surface area contributed by atoms with Gasteiger partial charge in [0.15, 0.2) is 5.82 Å². The number of hydrogen-bond acceptors (Lipinski definition) is 5. The predicted octanol–water partition coefficient (Wildman–Crippen LogP) is 3.50. The molecule has 2 aromatic rings. The molecule has 26 heavy (non-hydrogen) atoms. The molecule has 0 aliphatic carbocycles. The van der Waals surface area contributed by atoms with Crippen LogP contribution in [0.4, 0.5) is 0 Å². The van der Waals surface area contributed by atoms with E-state index < -0.39 is 0 Å². The SMILES string of the molecule is CCCCCC1=CC=NC1Cc1cc(CCc2nn[nH]n2)ccc1OC. The average molecular weight is 353 g/mol. The normalized spacial score (nSPS) is 16.1. The van der Waals surface area contributed by atoms with E-state index in [-0.39, 0.29) is 6.04 Å². The van der Waals surface area contributed by atoms with Crippen LogP contribution in [0.1, 0.15) is 49.6 Å². The highest BCUT2D eigenvalue weighted by Gasteiger charge is 2.18. The van der Waals surface area contributed by atoms with Gasteiger partial charge in [-0.25, -0.2) is 0 Å². The number of benzene rings is 1. The number of hydrogen-bond donors (Lipinski definition) is 1. The second kappa shape index (κ2) is 9.27. The largest absolute Gasteiger partial charge is 0.496 e. The van der Waals surface area contributed by atoms with Gasteiger partial charge in [0.2, 0.25) is 0 Å². The number of allylic oxidation sites excluding steroid dienone is 1. The zero-order chi connectivity index (χ0) is 18.2. The van der Waals surface area contributed by atoms with Gasteiger partial charge in [0.1, 0.15) is 5.75 Å². The average Bonchev–Trinajstić information content (AvgIpc) is 3.33. The predicted molar refractivity (Wildman–Crippen MR) is 103 cm³/mol. The maximum absolute atomic E-state index is 5.58. The number of nitrogens with zero attached hydrogens (tertiary/aromatic N) is 4. The fourth-order valence-electron chi connectivity index (χ4n) is 3.36. The third-order valence-electron chi connectivity index (χ3n) is 4.84. The molecule has 3 rings (SSSR count). The summed E-state index contributed by atoms with van der Waals surface area (Å²) < 4.78 is 5.58. The third-order valence-corrected chi connectivity index (χ3v) is 4.84. The number of aromatic nitrogens is 4. The second-order valence-electron chi connectivity index (χ2n) is 6.69. The molecule has 0 bridgehead atoms. The zero-order valence-corrected chi connectivity index (χ0v) is 15.6. The van der Waals surface area contributed by atoms with Gasteiger partial charge in [-0.05, 0) is 48.1 Å². The minimum absolute atomic E-state index is 0.244. The quantitative estimate of drug-likeness (QED) is 0.663. The van der Waals surface area contributed by atoms with Crippen molar-refractivity contribution >= 4 is 6.21 Å². The van der Waals surface area contributed by atoms with Crippen LogP contribution in [-0.4, -0.2) is 40.0 Å². The molecule has 0 fully saturated rings. The van der Waals surface area contributed by atoms with E-state index in [9.17, 15) is 0 Å². The molecule has 0 amide bonds. The van der Waals surface area contributed by atoms with Crippen LogP contribution in [0.3, 0.4) is 0 Å². The lowest BCUT2D eigenvalue weighted by Crippen LogP contribution is -2.11. The van der Waals surface area contributed by atoms with Crippen LogP contribution in [0, 0.1) is 0 Å². The topological polar surface area (TPSA) is 76.0 Å². The van der Waals surface area contributed by atoms with Crippen LogP contribution < -0.4 is 4.74 Å². The molecule has 0 spiro atoms. The van der Waals surface area contributed by atoms with E-state index in [2.05, 4.69) is 56.8 Å². The summed E-state index contributed by atoms with van der Waals surface area (Å²) in [6.07, 6.45) is 11.6. The molecule has 1 aliphatic rings. The van der Waals surface area contributed by atoms with Gasteiger partial charge in [-0.3, -0.25) is 4.99 Å². The highest BCUT2D eigenvalue weighted by molar-refractivity contribution is 5.76. The van der Waals surface area contributed by atoms with Crippen molar-refractivity contribution in [1.82, 2.24) is 20.6 Å². The van der Waals surface area contributed by atoms with Crippen LogP contribution in [0.5, 0.6) is 5.75 Å². The van der Waals surface area contributed by atoms with Gasteiger partial charge in [0.05, 0.1) is 13.2 Å². The number of tetrazole rings is 1. The van der Waals surface area contributed by atoms with E-state index in [1.54, 1.807) is 7.11 Å². The van der Waals surface area contributed by atoms with Gasteiger partial charge in [-0.1, -0.05) is 37.1 Å². The molecule has 1 unspecified atom stereocenters. The molecule has 1 aromatic carbocycles. The van der Waals surface area contributed by atoms with Gasteiger partial charge >= 0.3 is 0 Å². The molecule has 1 N–H and O–H groups in total. The Morgan fingerprint density at radius 2 is 2.08 bits per heavy atom. The molecule has 0 radical (unpaired) electrons. The highest BCUT2D eigenvalue weighted by atomic mass is 16.5. The van der Waals surface area contributed by atoms with Crippen molar-refractivity contribution in [2.45, 2.75) is 57.9 Å². The van der Waals surface area contributed by atoms with Crippen molar-refractivity contribution in [3.05, 3.63) is 46.8 Å². The van der Waals surface area contributed by atoms with E-state index in [4.69, 9.17) is 4.74 Å². The Morgan fingerprint density at radius 1 is 1.15 bits per heavy atom. The summed E-state index contributed by atoms with van der Waals surface area (Å²) in [5, 5.41) is 14.1. The fraction of sp³-hybridized carbons (Fsp3) is 0.500. The first-order chi connectivity index (χ1) is 12.8. The number of ether oxygens (including phenoxy) is 1. The van der Waals surface area contributed by atoms with Gasteiger partial charge in [0, 0.05) is 19.1 Å². The second-order valence-corrected chi connectivity index (χ2v) is 6.69. The smallest absolute Gasteiger partial charge is 0.174 e. The van der Waals surface area contributed by atoms with Crippen molar-refractivity contribution in [3.63, 3.8) is 0 Å². The Morgan fingerprint density at radius 3 is 2.85 bits per heavy atom. The summed E-state index contributed by atoms with van der Waals surface area (Å²) in [7, 11) is 1.73. The first-order valence-corrected chi connectivity index (χ1v) is 9.40. The van der Waals surface area contributed by atoms with E-state index in [0.717, 1.165) is 37.3 Å². The number of rotatable bonds is 10. The lowest BCUT2D eigenvalue weighted by Gasteiger charge is -2.16. The molecule has 6 nitrogen and oxygen atoms in total. The van der Waals surface area contributed by atoms with E-state index >= 15 is 0 Å². The number of H-pyrrole nitrogens is 1. The molecule has 138 valence electrons. The number of nitrogens with one attached hydrogen (secondary N) is 1. The molecule has 1 atom stereocenters. The summed E-state index contributed by atoms with van der Waals surface area (Å²) in [6, 6.07) is 6.64. The molecule has 0 saturated carbocycles. The summed E-state index contributed by atoms with van der Waals surface area (Å²) in [5.74, 6) is 1.67. The van der Waals surface area contributed by atoms with E-state index in [0.29, 0.717) is 0 Å². The number of aliphatic imine (C=N–C) groups is 1. The zero-order valence-electron chi connectivity index (χ0n) is 15.6. The van der Waals surface area contributed by atoms with Crippen molar-refractivity contribution in [1.29, 1.82) is 0 Å². The van der Waals surface area contributed by atoms with Gasteiger partial charge < -0.3 is 4.74 Å². The minimum Gasteiger partial charge on any atom is -0.496 e. The highest BCUT2D eigenvalue weighted by Crippen LogP contribution is 2.28. The summed E-state index contributed by atoms with van der Waals surface area (Å²) in [5.41, 5.74) is 3.91. The third kappa shape index (κ3) is 4.77. The Hall–Kier alpha value is -2.50. The maximum Gasteiger partial charge on any atom is 0.174 e. The van der Waals surface area contributed by atoms with Crippen molar-refractivity contribution in [3.8, 4) is 5.75 Å². The minimum atomic E-state index is 0.244. The van der Waals surface area contributed by atoms with Gasteiger partial charge in [-0.2, -0.15) is 5.21 Å². The summed E-state index contributed by atoms with van der Waals surface area (Å²) >= 11 is 0. The van der Waals surface area contributed by atoms with Gasteiger partial charge in [0.25, 0.3) is 0 Å². The summed E-state index contributed by atoms with van der Waals surface area (Å²) in [4.78, 5) is 4.68. The van der Waals surface area contributed by atoms with Crippen molar-refractivity contribution < 1.29 is 4.74 Å². The fourth-order valence-corrected chi connectivity index (χ4v) is 3.36. The molecule has 6 heteroatoms. The van der Waals surface area contributed by atoms with Crippen LogP contribution in [0.25, 0.3) is 0 Å². The standard InChI is InChI=1S/C20H27N5O/c1-3-4-5-6-16-11-12-21-18(16)14-17-13-15(7-9-19(17)26-2)8-10-20-22-24-25-23-20/h7,9,11-13,18H,3-6,8,10,14H2,1-2H3,(H,22,23,24,25). The van der Waals surface area contributed by atoms with Crippen LogP contribution in [0.15, 0.2) is 34.8 Å². The number of aromatic amines is 1. The lowest BCUT2D eigenvalue weighted by molar-refractivity contribution is 0.408. The Bertz CT molecular complexity index is 752. The van der Waals surface area contributed by atoms with E-state index in [1.807, 2.05) is 6.21 Å². The molecule has 2 heterocycles. The molecule has 0 saturated heterocycles. The van der Waals surface area contributed by atoms with Crippen LogP contribution in [0.2, 0.25) is 0 Å². The molecular weight excluding hydrogens is 326 g/mol. The van der Waals surface area contributed by atoms with Gasteiger partial charge in [-0.15, -0.1) is 10.2 Å². The first kappa shape index (κ1) is 18.3. The molecular formula is C20H27N5O. The monoisotopic (exact) mass is 353 g/mol. The maximum atomic E-state index is 5.58. The number of methoxy groups -OCH3 is 1. The number of aryl methyl sites for hydroxylation is 2. The molecule has 1 aromatic heterocycles. The number of unbranched alkanes of at least 4 members (excludes halogenated alkanes) is 2. The Balaban J connectivity index is 1.66. The molecule has 1 aliphatic heterocycles. The Labute approximate surface area is 154 Å². The van der Waals surface area contributed by atoms with Crippen molar-refractivity contribution in [2.75, 3.05) is 7.11 Å².